The third kappa shape index (κ3) is 4.26. The van der Waals surface area contributed by atoms with Gasteiger partial charge in [0.25, 0.3) is 0 Å². The van der Waals surface area contributed by atoms with Crippen molar-refractivity contribution in [2.75, 3.05) is 13.1 Å². The molecule has 0 bridgehead atoms. The van der Waals surface area contributed by atoms with Gasteiger partial charge in [0.15, 0.2) is 0 Å². The lowest BCUT2D eigenvalue weighted by molar-refractivity contribution is -0.137. The monoisotopic (exact) mass is 353 g/mol. The van der Waals surface area contributed by atoms with Crippen LogP contribution in [-0.4, -0.2) is 48.1 Å². The lowest BCUT2D eigenvalue weighted by Crippen LogP contribution is -2.45. The van der Waals surface area contributed by atoms with Crippen LogP contribution in [0.5, 0.6) is 0 Å². The van der Waals surface area contributed by atoms with Gasteiger partial charge in [0, 0.05) is 19.6 Å². The molecule has 0 aromatic heterocycles. The Hall–Kier alpha value is -1.63. The first-order chi connectivity index (χ1) is 11.2. The Bertz CT molecular complexity index is 569. The number of carbonyl (C=O) groups excluding carboxylic acids is 2. The molecule has 2 amide bonds. The smallest absolute Gasteiger partial charge is 0.249 e. The van der Waals surface area contributed by atoms with Crippen LogP contribution in [0.3, 0.4) is 0 Å². The SMILES string of the molecule is Cl.NC[C@H]1CC[C@@H](C(=O)NC2CCN(Cc3ccccc3)C2=O)O1. The van der Waals surface area contributed by atoms with Crippen LogP contribution in [-0.2, 0) is 20.9 Å². The number of benzene rings is 1. The van der Waals surface area contributed by atoms with Crippen molar-refractivity contribution in [1.82, 2.24) is 10.2 Å². The second kappa shape index (κ2) is 8.46. The molecule has 2 saturated heterocycles. The molecule has 24 heavy (non-hydrogen) atoms. The molecule has 6 nitrogen and oxygen atoms in total. The Morgan fingerprint density at radius 2 is 2.00 bits per heavy atom. The van der Waals surface area contributed by atoms with Crippen molar-refractivity contribution < 1.29 is 14.3 Å². The third-order valence-electron chi connectivity index (χ3n) is 4.49. The van der Waals surface area contributed by atoms with E-state index in [1.807, 2.05) is 30.3 Å². The van der Waals surface area contributed by atoms with E-state index in [9.17, 15) is 9.59 Å². The van der Waals surface area contributed by atoms with Crippen molar-refractivity contribution in [3.63, 3.8) is 0 Å². The minimum Gasteiger partial charge on any atom is -0.364 e. The fourth-order valence-electron chi connectivity index (χ4n) is 3.17. The summed E-state index contributed by atoms with van der Waals surface area (Å²) in [5.74, 6) is -0.212. The van der Waals surface area contributed by atoms with Crippen LogP contribution < -0.4 is 11.1 Å². The van der Waals surface area contributed by atoms with Crippen molar-refractivity contribution in [2.24, 2.45) is 5.73 Å². The first kappa shape index (κ1) is 18.7. The zero-order chi connectivity index (χ0) is 16.2. The Balaban J connectivity index is 0.00000208. The number of hydrogen-bond acceptors (Lipinski definition) is 4. The number of halogens is 1. The molecule has 3 N–H and O–H groups in total. The lowest BCUT2D eigenvalue weighted by atomic mass is 10.1. The highest BCUT2D eigenvalue weighted by Crippen LogP contribution is 2.20. The van der Waals surface area contributed by atoms with Crippen LogP contribution in [0, 0.1) is 0 Å². The Kier molecular flexibility index (Phi) is 6.60. The van der Waals surface area contributed by atoms with E-state index in [2.05, 4.69) is 5.32 Å². The van der Waals surface area contributed by atoms with E-state index in [0.717, 1.165) is 12.0 Å². The summed E-state index contributed by atoms with van der Waals surface area (Å²) >= 11 is 0. The van der Waals surface area contributed by atoms with Crippen molar-refractivity contribution >= 4 is 24.2 Å². The van der Waals surface area contributed by atoms with E-state index in [1.54, 1.807) is 4.90 Å². The standard InChI is InChI=1S/C17H23N3O3.ClH/c18-10-13-6-7-15(23-13)16(21)19-14-8-9-20(17(14)22)11-12-4-2-1-3-5-12;/h1-5,13-15H,6-11,18H2,(H,19,21);1H/t13-,14?,15+;/m1./s1. The molecule has 3 atom stereocenters. The molecule has 0 saturated carbocycles. The predicted molar refractivity (Wildman–Crippen MR) is 92.6 cm³/mol. The summed E-state index contributed by atoms with van der Waals surface area (Å²) in [5.41, 5.74) is 6.65. The second-order valence-electron chi connectivity index (χ2n) is 6.16. The number of amides is 2. The van der Waals surface area contributed by atoms with Gasteiger partial charge in [-0.15, -0.1) is 12.4 Å². The van der Waals surface area contributed by atoms with Crippen LogP contribution in [0.4, 0.5) is 0 Å². The van der Waals surface area contributed by atoms with Crippen molar-refractivity contribution in [1.29, 1.82) is 0 Å². The van der Waals surface area contributed by atoms with Gasteiger partial charge in [-0.25, -0.2) is 0 Å². The molecule has 1 aromatic carbocycles. The molecular weight excluding hydrogens is 330 g/mol. The Morgan fingerprint density at radius 3 is 2.67 bits per heavy atom. The van der Waals surface area contributed by atoms with Crippen LogP contribution in [0.25, 0.3) is 0 Å². The van der Waals surface area contributed by atoms with E-state index >= 15 is 0 Å². The number of nitrogens with one attached hydrogen (secondary N) is 1. The largest absolute Gasteiger partial charge is 0.364 e. The van der Waals surface area contributed by atoms with Gasteiger partial charge in [0.05, 0.1) is 6.10 Å². The van der Waals surface area contributed by atoms with Crippen LogP contribution in [0.2, 0.25) is 0 Å². The number of nitrogens with zero attached hydrogens (tertiary/aromatic N) is 1. The maximum atomic E-state index is 12.4. The van der Waals surface area contributed by atoms with Crippen LogP contribution in [0.15, 0.2) is 30.3 Å². The van der Waals surface area contributed by atoms with Gasteiger partial charge in [-0.3, -0.25) is 9.59 Å². The van der Waals surface area contributed by atoms with Gasteiger partial charge < -0.3 is 20.7 Å². The maximum Gasteiger partial charge on any atom is 0.249 e. The summed E-state index contributed by atoms with van der Waals surface area (Å²) in [4.78, 5) is 26.4. The van der Waals surface area contributed by atoms with Crippen molar-refractivity contribution in [3.05, 3.63) is 35.9 Å². The van der Waals surface area contributed by atoms with Crippen molar-refractivity contribution in [2.45, 2.75) is 44.1 Å². The second-order valence-corrected chi connectivity index (χ2v) is 6.16. The number of nitrogens with two attached hydrogens (primary N) is 1. The number of likely N-dealkylation sites (tertiary alicyclic amines) is 1. The average Bonchev–Trinajstić information content (AvgIpc) is 3.18. The van der Waals surface area contributed by atoms with Crippen LogP contribution >= 0.6 is 12.4 Å². The van der Waals surface area contributed by atoms with Gasteiger partial charge in [-0.2, -0.15) is 0 Å². The lowest BCUT2D eigenvalue weighted by Gasteiger charge is -2.18. The summed E-state index contributed by atoms with van der Waals surface area (Å²) in [6.45, 7) is 1.67. The first-order valence-corrected chi connectivity index (χ1v) is 8.16. The van der Waals surface area contributed by atoms with Gasteiger partial charge in [0.1, 0.15) is 12.1 Å². The van der Waals surface area contributed by atoms with E-state index in [-0.39, 0.29) is 30.3 Å². The molecule has 0 spiro atoms. The summed E-state index contributed by atoms with van der Waals surface area (Å²) < 4.78 is 5.58. The zero-order valence-electron chi connectivity index (χ0n) is 13.5. The average molecular weight is 354 g/mol. The minimum absolute atomic E-state index is 0. The molecular formula is C17H24ClN3O3. The highest BCUT2D eigenvalue weighted by Gasteiger charge is 2.36. The Labute approximate surface area is 148 Å². The normalized spacial score (nSPS) is 26.3. The van der Waals surface area contributed by atoms with E-state index in [4.69, 9.17) is 10.5 Å². The molecule has 0 aliphatic carbocycles. The zero-order valence-corrected chi connectivity index (χ0v) is 14.3. The number of hydrogen-bond donors (Lipinski definition) is 2. The summed E-state index contributed by atoms with van der Waals surface area (Å²) in [7, 11) is 0. The molecule has 2 fully saturated rings. The molecule has 132 valence electrons. The van der Waals surface area contributed by atoms with Gasteiger partial charge >= 0.3 is 0 Å². The first-order valence-electron chi connectivity index (χ1n) is 8.16. The molecule has 1 unspecified atom stereocenters. The van der Waals surface area contributed by atoms with Crippen LogP contribution in [0.1, 0.15) is 24.8 Å². The summed E-state index contributed by atoms with van der Waals surface area (Å²) in [5, 5.41) is 2.84. The van der Waals surface area contributed by atoms with E-state index in [1.165, 1.54) is 0 Å². The fraction of sp³-hybridized carbons (Fsp3) is 0.529. The molecule has 7 heteroatoms. The molecule has 0 radical (unpaired) electrons. The van der Waals surface area contributed by atoms with Crippen molar-refractivity contribution in [3.8, 4) is 0 Å². The summed E-state index contributed by atoms with van der Waals surface area (Å²) in [6, 6.07) is 9.43. The molecule has 2 aliphatic rings. The summed E-state index contributed by atoms with van der Waals surface area (Å²) in [6.07, 6.45) is 1.60. The predicted octanol–water partition coefficient (Wildman–Crippen LogP) is 0.832. The molecule has 3 rings (SSSR count). The highest BCUT2D eigenvalue weighted by atomic mass is 35.5. The highest BCUT2D eigenvalue weighted by molar-refractivity contribution is 5.90. The van der Waals surface area contributed by atoms with E-state index < -0.39 is 12.1 Å². The van der Waals surface area contributed by atoms with Gasteiger partial charge in [-0.1, -0.05) is 30.3 Å². The quantitative estimate of drug-likeness (QED) is 0.821. The molecule has 1 aromatic rings. The fourth-order valence-corrected chi connectivity index (χ4v) is 3.17. The van der Waals surface area contributed by atoms with E-state index in [0.29, 0.717) is 32.5 Å². The topological polar surface area (TPSA) is 84.7 Å². The number of rotatable bonds is 5. The van der Waals surface area contributed by atoms with Gasteiger partial charge in [-0.05, 0) is 24.8 Å². The molecule has 2 aliphatic heterocycles. The maximum absolute atomic E-state index is 12.4. The molecule has 2 heterocycles. The number of carbonyl (C=O) groups is 2. The van der Waals surface area contributed by atoms with Gasteiger partial charge in [0.2, 0.25) is 11.8 Å². The minimum atomic E-state index is -0.473. The third-order valence-corrected chi connectivity index (χ3v) is 4.49. The Morgan fingerprint density at radius 1 is 1.25 bits per heavy atom. The number of ether oxygens (including phenoxy) is 1.